The third-order valence-corrected chi connectivity index (χ3v) is 2.24. The number of hydrogen-bond acceptors (Lipinski definition) is 2. The summed E-state index contributed by atoms with van der Waals surface area (Å²) in [5.74, 6) is 0. The van der Waals surface area contributed by atoms with Gasteiger partial charge in [-0.25, -0.2) is 0 Å². The Kier molecular flexibility index (Phi) is 3.30. The van der Waals surface area contributed by atoms with Gasteiger partial charge < -0.3 is 5.21 Å². The van der Waals surface area contributed by atoms with E-state index in [1.54, 1.807) is 0 Å². The number of nitrogens with zero attached hydrogens (tertiary/aromatic N) is 1. The van der Waals surface area contributed by atoms with Crippen molar-refractivity contribution in [1.82, 2.24) is 0 Å². The molecule has 64 valence electrons. The van der Waals surface area contributed by atoms with Crippen molar-refractivity contribution in [3.63, 3.8) is 0 Å². The number of hydrogen-bond donors (Lipinski definition) is 1. The van der Waals surface area contributed by atoms with E-state index >= 15 is 0 Å². The molecule has 0 heterocycles. The van der Waals surface area contributed by atoms with Gasteiger partial charge in [-0.1, -0.05) is 38.1 Å². The van der Waals surface area contributed by atoms with Crippen molar-refractivity contribution in [2.24, 2.45) is 10.6 Å². The average Bonchev–Trinajstić information content (AvgIpc) is 1.89. The molecule has 0 amide bonds. The normalized spacial score (nSPS) is 13.3. The lowest BCUT2D eigenvalue weighted by molar-refractivity contribution is 0.310. The van der Waals surface area contributed by atoms with Gasteiger partial charge in [-0.05, 0) is 13.3 Å². The zero-order valence-electron chi connectivity index (χ0n) is 7.81. The van der Waals surface area contributed by atoms with Crippen LogP contribution in [0.25, 0.3) is 0 Å². The zero-order valence-corrected chi connectivity index (χ0v) is 7.81. The van der Waals surface area contributed by atoms with Gasteiger partial charge in [0.1, 0.15) is 0 Å². The largest absolute Gasteiger partial charge is 0.411 e. The Morgan fingerprint density at radius 2 is 2.00 bits per heavy atom. The molecule has 0 spiro atoms. The van der Waals surface area contributed by atoms with Gasteiger partial charge in [-0.2, -0.15) is 0 Å². The first-order chi connectivity index (χ1) is 4.96. The fraction of sp³-hybridized carbons (Fsp3) is 0.667. The van der Waals surface area contributed by atoms with Crippen molar-refractivity contribution in [2.45, 2.75) is 34.1 Å². The third kappa shape index (κ3) is 2.07. The van der Waals surface area contributed by atoms with Gasteiger partial charge in [0.15, 0.2) is 0 Å². The molecule has 0 saturated heterocycles. The standard InChI is InChI=1S/C9H17NO/c1-6-8(10-11)9(4,5)7(2)3/h11H,2,6H2,1,3-5H3. The van der Waals surface area contributed by atoms with Gasteiger partial charge in [0, 0.05) is 5.41 Å². The van der Waals surface area contributed by atoms with Crippen LogP contribution in [0.3, 0.4) is 0 Å². The summed E-state index contributed by atoms with van der Waals surface area (Å²) in [6, 6.07) is 0. The van der Waals surface area contributed by atoms with Crippen molar-refractivity contribution in [3.8, 4) is 0 Å². The van der Waals surface area contributed by atoms with Crippen LogP contribution < -0.4 is 0 Å². The highest BCUT2D eigenvalue weighted by atomic mass is 16.4. The van der Waals surface area contributed by atoms with Crippen molar-refractivity contribution in [2.75, 3.05) is 0 Å². The molecule has 0 fully saturated rings. The van der Waals surface area contributed by atoms with Crippen LogP contribution in [0.5, 0.6) is 0 Å². The van der Waals surface area contributed by atoms with E-state index in [2.05, 4.69) is 11.7 Å². The molecule has 11 heavy (non-hydrogen) atoms. The van der Waals surface area contributed by atoms with Crippen LogP contribution in [0.15, 0.2) is 17.3 Å². The Bertz CT molecular complexity index is 180. The van der Waals surface area contributed by atoms with E-state index in [1.165, 1.54) is 0 Å². The second kappa shape index (κ2) is 3.56. The molecule has 0 unspecified atom stereocenters. The number of allylic oxidation sites excluding steroid dienone is 1. The van der Waals surface area contributed by atoms with Gasteiger partial charge in [0.2, 0.25) is 0 Å². The van der Waals surface area contributed by atoms with Crippen molar-refractivity contribution >= 4 is 5.71 Å². The van der Waals surface area contributed by atoms with Crippen LogP contribution in [0.4, 0.5) is 0 Å². The first-order valence-electron chi connectivity index (χ1n) is 3.84. The second-order valence-electron chi connectivity index (χ2n) is 3.31. The molecule has 0 aliphatic heterocycles. The maximum atomic E-state index is 8.66. The molecule has 0 radical (unpaired) electrons. The Morgan fingerprint density at radius 1 is 1.55 bits per heavy atom. The molecule has 1 N–H and O–H groups in total. The van der Waals surface area contributed by atoms with Crippen LogP contribution in [-0.4, -0.2) is 10.9 Å². The molecule has 0 saturated carbocycles. The Morgan fingerprint density at radius 3 is 2.09 bits per heavy atom. The molecule has 0 aromatic carbocycles. The predicted molar refractivity (Wildman–Crippen MR) is 48.1 cm³/mol. The average molecular weight is 155 g/mol. The van der Waals surface area contributed by atoms with Crippen LogP contribution in [-0.2, 0) is 0 Å². The minimum atomic E-state index is -0.177. The monoisotopic (exact) mass is 155 g/mol. The van der Waals surface area contributed by atoms with E-state index in [9.17, 15) is 0 Å². The summed E-state index contributed by atoms with van der Waals surface area (Å²) in [4.78, 5) is 0. The van der Waals surface area contributed by atoms with Crippen LogP contribution in [0.1, 0.15) is 34.1 Å². The Labute approximate surface area is 68.6 Å². The van der Waals surface area contributed by atoms with Gasteiger partial charge in [0.25, 0.3) is 0 Å². The highest BCUT2D eigenvalue weighted by molar-refractivity contribution is 5.91. The van der Waals surface area contributed by atoms with Crippen LogP contribution >= 0.6 is 0 Å². The predicted octanol–water partition coefficient (Wildman–Crippen LogP) is 2.83. The zero-order chi connectivity index (χ0) is 9.07. The van der Waals surface area contributed by atoms with Gasteiger partial charge in [0.05, 0.1) is 5.71 Å². The number of rotatable bonds is 3. The lowest BCUT2D eigenvalue weighted by atomic mass is 9.80. The SMILES string of the molecule is C=C(C)C(C)(C)C(CC)=NO. The van der Waals surface area contributed by atoms with Crippen molar-refractivity contribution in [1.29, 1.82) is 0 Å². The maximum absolute atomic E-state index is 8.66. The minimum Gasteiger partial charge on any atom is -0.411 e. The van der Waals surface area contributed by atoms with Gasteiger partial charge >= 0.3 is 0 Å². The van der Waals surface area contributed by atoms with Gasteiger partial charge in [-0.15, -0.1) is 0 Å². The summed E-state index contributed by atoms with van der Waals surface area (Å²) < 4.78 is 0. The number of oxime groups is 1. The smallest absolute Gasteiger partial charge is 0.0664 e. The van der Waals surface area contributed by atoms with Crippen LogP contribution in [0, 0.1) is 5.41 Å². The molecule has 0 rings (SSSR count). The topological polar surface area (TPSA) is 32.6 Å². The molecule has 0 aromatic rings. The lowest BCUT2D eigenvalue weighted by Crippen LogP contribution is -2.24. The molecule has 2 heteroatoms. The molecule has 0 bridgehead atoms. The Balaban J connectivity index is 4.66. The quantitative estimate of drug-likeness (QED) is 0.289. The Hall–Kier alpha value is -0.790. The third-order valence-electron chi connectivity index (χ3n) is 2.24. The second-order valence-corrected chi connectivity index (χ2v) is 3.31. The molecule has 0 aromatic heterocycles. The maximum Gasteiger partial charge on any atom is 0.0664 e. The van der Waals surface area contributed by atoms with Gasteiger partial charge in [-0.3, -0.25) is 0 Å². The highest BCUT2D eigenvalue weighted by Crippen LogP contribution is 2.27. The summed E-state index contributed by atoms with van der Waals surface area (Å²) in [7, 11) is 0. The van der Waals surface area contributed by atoms with Crippen LogP contribution in [0.2, 0.25) is 0 Å². The van der Waals surface area contributed by atoms with E-state index < -0.39 is 0 Å². The fourth-order valence-corrected chi connectivity index (χ4v) is 0.884. The molecular weight excluding hydrogens is 138 g/mol. The molecule has 0 aliphatic rings. The summed E-state index contributed by atoms with van der Waals surface area (Å²) in [6.07, 6.45) is 0.760. The summed E-state index contributed by atoms with van der Waals surface area (Å²) in [6.45, 7) is 11.8. The van der Waals surface area contributed by atoms with E-state index in [0.717, 1.165) is 17.7 Å². The molecule has 2 nitrogen and oxygen atoms in total. The summed E-state index contributed by atoms with van der Waals surface area (Å²) in [5, 5.41) is 11.9. The minimum absolute atomic E-state index is 0.177. The first kappa shape index (κ1) is 10.2. The molecule has 0 atom stereocenters. The summed E-state index contributed by atoms with van der Waals surface area (Å²) in [5.41, 5.74) is 1.63. The lowest BCUT2D eigenvalue weighted by Gasteiger charge is -2.25. The van der Waals surface area contributed by atoms with E-state index in [4.69, 9.17) is 5.21 Å². The molecule has 0 aliphatic carbocycles. The van der Waals surface area contributed by atoms with E-state index in [0.29, 0.717) is 0 Å². The fourth-order valence-electron chi connectivity index (χ4n) is 0.884. The van der Waals surface area contributed by atoms with E-state index in [1.807, 2.05) is 27.7 Å². The van der Waals surface area contributed by atoms with Crippen molar-refractivity contribution in [3.05, 3.63) is 12.2 Å². The van der Waals surface area contributed by atoms with E-state index in [-0.39, 0.29) is 5.41 Å². The summed E-state index contributed by atoms with van der Waals surface area (Å²) >= 11 is 0. The van der Waals surface area contributed by atoms with Crippen molar-refractivity contribution < 1.29 is 5.21 Å². The highest BCUT2D eigenvalue weighted by Gasteiger charge is 2.24. The first-order valence-corrected chi connectivity index (χ1v) is 3.84. The molecular formula is C9H17NO.